The molecule has 1 N–H and O–H groups in total. The van der Waals surface area contributed by atoms with Crippen LogP contribution in [0.2, 0.25) is 5.28 Å². The molecule has 3 heterocycles. The summed E-state index contributed by atoms with van der Waals surface area (Å²) >= 11 is 5.97. The summed E-state index contributed by atoms with van der Waals surface area (Å²) in [6, 6.07) is 0.644. The van der Waals surface area contributed by atoms with E-state index >= 15 is 0 Å². The summed E-state index contributed by atoms with van der Waals surface area (Å²) in [7, 11) is 4.27. The Balaban J connectivity index is 1.87. The maximum Gasteiger partial charge on any atom is 0.226 e. The summed E-state index contributed by atoms with van der Waals surface area (Å²) in [4.78, 5) is 20.3. The number of piperidine rings is 1. The van der Waals surface area contributed by atoms with Gasteiger partial charge in [0.15, 0.2) is 11.5 Å². The Labute approximate surface area is 116 Å². The molecule has 1 aliphatic rings. The van der Waals surface area contributed by atoms with Gasteiger partial charge in [-0.25, -0.2) is 4.98 Å². The highest BCUT2D eigenvalue weighted by atomic mass is 35.5. The van der Waals surface area contributed by atoms with Crippen molar-refractivity contribution >= 4 is 28.6 Å². The fourth-order valence-electron chi connectivity index (χ4n) is 2.61. The lowest BCUT2D eigenvalue weighted by Gasteiger charge is -2.35. The van der Waals surface area contributed by atoms with E-state index in [1.807, 2.05) is 0 Å². The molecule has 0 spiro atoms. The van der Waals surface area contributed by atoms with Crippen LogP contribution in [0, 0.1) is 0 Å². The van der Waals surface area contributed by atoms with Gasteiger partial charge in [0.05, 0.1) is 6.33 Å². The first kappa shape index (κ1) is 12.6. The standard InChI is InChI=1S/C12H17ClN6/c1-18(2)8-3-5-19(6-4-8)11-9-10(15-7-14-9)16-12(13)17-11/h7-8H,3-6H2,1-2H3,(H,14,15,16,17). The zero-order valence-corrected chi connectivity index (χ0v) is 11.9. The number of halogens is 1. The monoisotopic (exact) mass is 280 g/mol. The van der Waals surface area contributed by atoms with Crippen molar-refractivity contribution in [2.45, 2.75) is 18.9 Å². The number of imidazole rings is 1. The Morgan fingerprint density at radius 1 is 1.32 bits per heavy atom. The fraction of sp³-hybridized carbons (Fsp3) is 0.583. The molecule has 2 aromatic rings. The molecule has 0 aliphatic carbocycles. The van der Waals surface area contributed by atoms with Crippen molar-refractivity contribution in [1.29, 1.82) is 0 Å². The van der Waals surface area contributed by atoms with Crippen LogP contribution in [0.15, 0.2) is 6.33 Å². The van der Waals surface area contributed by atoms with Gasteiger partial charge in [-0.1, -0.05) is 0 Å². The van der Waals surface area contributed by atoms with Gasteiger partial charge in [0.25, 0.3) is 0 Å². The number of fused-ring (bicyclic) bond motifs is 1. The van der Waals surface area contributed by atoms with Crippen LogP contribution in [0.3, 0.4) is 0 Å². The van der Waals surface area contributed by atoms with Crippen molar-refractivity contribution in [2.24, 2.45) is 0 Å². The molecule has 19 heavy (non-hydrogen) atoms. The van der Waals surface area contributed by atoms with Gasteiger partial charge in [-0.15, -0.1) is 0 Å². The molecule has 1 aliphatic heterocycles. The SMILES string of the molecule is CN(C)C1CCN(c2nc(Cl)nc3nc[nH]c23)CC1. The highest BCUT2D eigenvalue weighted by molar-refractivity contribution is 6.28. The lowest BCUT2D eigenvalue weighted by Crippen LogP contribution is -2.42. The van der Waals surface area contributed by atoms with E-state index in [0.29, 0.717) is 11.7 Å². The molecule has 0 aromatic carbocycles. The van der Waals surface area contributed by atoms with Gasteiger partial charge in [-0.05, 0) is 38.5 Å². The molecule has 3 rings (SSSR count). The molecule has 102 valence electrons. The Morgan fingerprint density at radius 3 is 2.74 bits per heavy atom. The van der Waals surface area contributed by atoms with Crippen LogP contribution in [-0.4, -0.2) is 58.1 Å². The van der Waals surface area contributed by atoms with Gasteiger partial charge in [-0.3, -0.25) is 0 Å². The zero-order valence-electron chi connectivity index (χ0n) is 11.1. The Kier molecular flexibility index (Phi) is 3.28. The molecule has 6 nitrogen and oxygen atoms in total. The van der Waals surface area contributed by atoms with Gasteiger partial charge in [0.1, 0.15) is 5.52 Å². The van der Waals surface area contributed by atoms with Crippen LogP contribution in [0.5, 0.6) is 0 Å². The predicted molar refractivity (Wildman–Crippen MR) is 75.6 cm³/mol. The highest BCUT2D eigenvalue weighted by Gasteiger charge is 2.23. The lowest BCUT2D eigenvalue weighted by molar-refractivity contribution is 0.249. The topological polar surface area (TPSA) is 60.9 Å². The van der Waals surface area contributed by atoms with E-state index in [1.54, 1.807) is 6.33 Å². The van der Waals surface area contributed by atoms with Gasteiger partial charge < -0.3 is 14.8 Å². The number of hydrogen-bond donors (Lipinski definition) is 1. The van der Waals surface area contributed by atoms with Gasteiger partial charge in [0, 0.05) is 19.1 Å². The van der Waals surface area contributed by atoms with E-state index < -0.39 is 0 Å². The second-order valence-electron chi connectivity index (χ2n) is 5.10. The van der Waals surface area contributed by atoms with Crippen LogP contribution in [-0.2, 0) is 0 Å². The van der Waals surface area contributed by atoms with Gasteiger partial charge in [0.2, 0.25) is 5.28 Å². The molecule has 1 fully saturated rings. The lowest BCUT2D eigenvalue weighted by atomic mass is 10.0. The van der Waals surface area contributed by atoms with Crippen molar-refractivity contribution in [3.05, 3.63) is 11.6 Å². The minimum Gasteiger partial charge on any atom is -0.355 e. The summed E-state index contributed by atoms with van der Waals surface area (Å²) < 4.78 is 0. The molecule has 2 aromatic heterocycles. The van der Waals surface area contributed by atoms with Crippen LogP contribution in [0.4, 0.5) is 5.82 Å². The first-order valence-electron chi connectivity index (χ1n) is 6.43. The molecule has 0 radical (unpaired) electrons. The molecule has 0 amide bonds. The summed E-state index contributed by atoms with van der Waals surface area (Å²) in [6.45, 7) is 1.95. The first-order chi connectivity index (χ1) is 9.15. The predicted octanol–water partition coefficient (Wildman–Crippen LogP) is 1.54. The van der Waals surface area contributed by atoms with Crippen molar-refractivity contribution in [3.63, 3.8) is 0 Å². The molecule has 1 saturated heterocycles. The normalized spacial score (nSPS) is 17.6. The summed E-state index contributed by atoms with van der Waals surface area (Å²) in [5.74, 6) is 0.865. The van der Waals surface area contributed by atoms with Crippen LogP contribution < -0.4 is 4.90 Å². The van der Waals surface area contributed by atoms with E-state index in [0.717, 1.165) is 37.3 Å². The summed E-state index contributed by atoms with van der Waals surface area (Å²) in [5.41, 5.74) is 1.50. The zero-order chi connectivity index (χ0) is 13.4. The van der Waals surface area contributed by atoms with Crippen molar-refractivity contribution < 1.29 is 0 Å². The second kappa shape index (κ2) is 4.94. The molecular formula is C12H17ClN6. The van der Waals surface area contributed by atoms with Gasteiger partial charge in [-0.2, -0.15) is 9.97 Å². The number of rotatable bonds is 2. The average Bonchev–Trinajstić information content (AvgIpc) is 2.85. The van der Waals surface area contributed by atoms with Crippen molar-refractivity contribution in [2.75, 3.05) is 32.1 Å². The third-order valence-electron chi connectivity index (χ3n) is 3.73. The van der Waals surface area contributed by atoms with Gasteiger partial charge >= 0.3 is 0 Å². The van der Waals surface area contributed by atoms with Crippen molar-refractivity contribution in [1.82, 2.24) is 24.8 Å². The number of nitrogens with one attached hydrogen (secondary N) is 1. The molecule has 0 atom stereocenters. The summed E-state index contributed by atoms with van der Waals surface area (Å²) in [5, 5.41) is 0.254. The van der Waals surface area contributed by atoms with E-state index in [9.17, 15) is 0 Å². The fourth-order valence-corrected chi connectivity index (χ4v) is 2.78. The molecule has 0 saturated carbocycles. The molecule has 0 unspecified atom stereocenters. The third kappa shape index (κ3) is 2.37. The maximum absolute atomic E-state index is 5.97. The number of aromatic nitrogens is 4. The van der Waals surface area contributed by atoms with E-state index in [1.165, 1.54) is 0 Å². The quantitative estimate of drug-likeness (QED) is 0.846. The molecule has 7 heteroatoms. The summed E-state index contributed by atoms with van der Waals surface area (Å²) in [6.07, 6.45) is 3.89. The van der Waals surface area contributed by atoms with Crippen molar-refractivity contribution in [3.8, 4) is 0 Å². The van der Waals surface area contributed by atoms with Crippen LogP contribution >= 0.6 is 11.6 Å². The Hall–Kier alpha value is -1.40. The van der Waals surface area contributed by atoms with E-state index in [-0.39, 0.29) is 5.28 Å². The molecule has 0 bridgehead atoms. The minimum atomic E-state index is 0.254. The number of anilines is 1. The molecular weight excluding hydrogens is 264 g/mol. The number of nitrogens with zero attached hydrogens (tertiary/aromatic N) is 5. The average molecular weight is 281 g/mol. The largest absolute Gasteiger partial charge is 0.355 e. The third-order valence-corrected chi connectivity index (χ3v) is 3.90. The smallest absolute Gasteiger partial charge is 0.226 e. The second-order valence-corrected chi connectivity index (χ2v) is 5.44. The highest BCUT2D eigenvalue weighted by Crippen LogP contribution is 2.26. The number of H-pyrrole nitrogens is 1. The van der Waals surface area contributed by atoms with Crippen LogP contribution in [0.25, 0.3) is 11.2 Å². The minimum absolute atomic E-state index is 0.254. The number of aromatic amines is 1. The van der Waals surface area contributed by atoms with E-state index in [2.05, 4.69) is 43.8 Å². The van der Waals surface area contributed by atoms with Crippen LogP contribution in [0.1, 0.15) is 12.8 Å². The maximum atomic E-state index is 5.97. The Morgan fingerprint density at radius 2 is 2.05 bits per heavy atom. The first-order valence-corrected chi connectivity index (χ1v) is 6.81. The van der Waals surface area contributed by atoms with E-state index in [4.69, 9.17) is 11.6 Å². The Bertz CT molecular complexity index is 573. The number of hydrogen-bond acceptors (Lipinski definition) is 5.